The maximum Gasteiger partial charge on any atom is 0.262 e. The number of amides is 1. The van der Waals surface area contributed by atoms with Gasteiger partial charge in [-0.15, -0.1) is 0 Å². The molecule has 1 saturated heterocycles. The molecule has 24 heavy (non-hydrogen) atoms. The SMILES string of the molecule is N#C/C(=C/c1ccc(OCC(=O)[O-])cc1)C(=O)NC[C@H]1CCCO1. The van der Waals surface area contributed by atoms with Gasteiger partial charge in [0.1, 0.15) is 24.0 Å². The lowest BCUT2D eigenvalue weighted by Gasteiger charge is -2.10. The molecule has 1 atom stereocenters. The molecule has 0 radical (unpaired) electrons. The highest BCUT2D eigenvalue weighted by molar-refractivity contribution is 6.01. The van der Waals surface area contributed by atoms with Crippen molar-refractivity contribution < 1.29 is 24.2 Å². The Balaban J connectivity index is 1.94. The minimum atomic E-state index is -1.31. The van der Waals surface area contributed by atoms with E-state index in [1.54, 1.807) is 24.3 Å². The summed E-state index contributed by atoms with van der Waals surface area (Å²) in [6.45, 7) is 0.548. The number of carboxylic acids is 1. The number of ether oxygens (including phenoxy) is 2. The van der Waals surface area contributed by atoms with Crippen LogP contribution in [0.3, 0.4) is 0 Å². The maximum atomic E-state index is 12.0. The molecule has 1 amide bonds. The van der Waals surface area contributed by atoms with E-state index in [2.05, 4.69) is 5.32 Å². The molecule has 1 aromatic carbocycles. The van der Waals surface area contributed by atoms with Crippen LogP contribution in [-0.2, 0) is 14.3 Å². The van der Waals surface area contributed by atoms with Crippen molar-refractivity contribution in [2.24, 2.45) is 0 Å². The van der Waals surface area contributed by atoms with E-state index in [0.29, 0.717) is 24.5 Å². The fourth-order valence-corrected chi connectivity index (χ4v) is 2.22. The molecule has 0 spiro atoms. The third kappa shape index (κ3) is 5.41. The van der Waals surface area contributed by atoms with Crippen molar-refractivity contribution in [1.29, 1.82) is 5.26 Å². The number of hydrogen-bond donors (Lipinski definition) is 1. The Labute approximate surface area is 139 Å². The Kier molecular flexibility index (Phi) is 6.34. The lowest BCUT2D eigenvalue weighted by atomic mass is 10.1. The van der Waals surface area contributed by atoms with Crippen LogP contribution >= 0.6 is 0 Å². The van der Waals surface area contributed by atoms with Gasteiger partial charge in [0, 0.05) is 13.2 Å². The first-order valence-electron chi connectivity index (χ1n) is 7.53. The van der Waals surface area contributed by atoms with E-state index in [-0.39, 0.29) is 11.7 Å². The fourth-order valence-electron chi connectivity index (χ4n) is 2.22. The van der Waals surface area contributed by atoms with E-state index in [4.69, 9.17) is 14.7 Å². The molecule has 1 heterocycles. The molecule has 0 unspecified atom stereocenters. The molecule has 1 N–H and O–H groups in total. The Morgan fingerprint density at radius 2 is 2.17 bits per heavy atom. The minimum absolute atomic E-state index is 0.00838. The van der Waals surface area contributed by atoms with Gasteiger partial charge in [-0.25, -0.2) is 0 Å². The van der Waals surface area contributed by atoms with Crippen LogP contribution in [0.25, 0.3) is 6.08 Å². The maximum absolute atomic E-state index is 12.0. The summed E-state index contributed by atoms with van der Waals surface area (Å²) in [6.07, 6.45) is 3.34. The third-order valence-corrected chi connectivity index (χ3v) is 3.43. The van der Waals surface area contributed by atoms with Crippen molar-refractivity contribution in [2.75, 3.05) is 19.8 Å². The Morgan fingerprint density at radius 1 is 1.42 bits per heavy atom. The summed E-state index contributed by atoms with van der Waals surface area (Å²) in [4.78, 5) is 22.3. The number of rotatable bonds is 7. The van der Waals surface area contributed by atoms with Crippen molar-refractivity contribution in [1.82, 2.24) is 5.32 Å². The van der Waals surface area contributed by atoms with E-state index < -0.39 is 18.5 Å². The van der Waals surface area contributed by atoms with Crippen molar-refractivity contribution >= 4 is 18.0 Å². The average Bonchev–Trinajstić information content (AvgIpc) is 3.10. The van der Waals surface area contributed by atoms with Gasteiger partial charge in [0.15, 0.2) is 0 Å². The van der Waals surface area contributed by atoms with Crippen molar-refractivity contribution in [3.8, 4) is 11.8 Å². The Bertz CT molecular complexity index is 655. The number of nitrogens with one attached hydrogen (secondary N) is 1. The van der Waals surface area contributed by atoms with Gasteiger partial charge in [0.05, 0.1) is 12.1 Å². The van der Waals surface area contributed by atoms with Crippen LogP contribution in [-0.4, -0.2) is 37.7 Å². The van der Waals surface area contributed by atoms with Gasteiger partial charge in [-0.2, -0.15) is 5.26 Å². The smallest absolute Gasteiger partial charge is 0.262 e. The average molecular weight is 329 g/mol. The van der Waals surface area contributed by atoms with Crippen molar-refractivity contribution in [3.05, 3.63) is 35.4 Å². The number of aliphatic carboxylic acids is 1. The predicted octanol–water partition coefficient (Wildman–Crippen LogP) is 0.0175. The van der Waals surface area contributed by atoms with Gasteiger partial charge in [-0.3, -0.25) is 4.79 Å². The van der Waals surface area contributed by atoms with E-state index in [1.165, 1.54) is 6.08 Å². The number of carbonyl (C=O) groups is 2. The zero-order valence-corrected chi connectivity index (χ0v) is 13.0. The van der Waals surface area contributed by atoms with Crippen LogP contribution in [0.15, 0.2) is 29.8 Å². The second-order valence-corrected chi connectivity index (χ2v) is 5.24. The van der Waals surface area contributed by atoms with E-state index >= 15 is 0 Å². The standard InChI is InChI=1S/C17H18N2O5/c18-9-13(17(22)19-10-15-2-1-7-23-15)8-12-3-5-14(6-4-12)24-11-16(20)21/h3-6,8,15H,1-2,7,10-11H2,(H,19,22)(H,20,21)/p-1/b13-8-/t15-/m1/s1. The van der Waals surface area contributed by atoms with Gasteiger partial charge < -0.3 is 24.7 Å². The van der Waals surface area contributed by atoms with E-state index in [9.17, 15) is 14.7 Å². The number of nitriles is 1. The van der Waals surface area contributed by atoms with E-state index in [0.717, 1.165) is 12.8 Å². The molecule has 0 saturated carbocycles. The van der Waals surface area contributed by atoms with Gasteiger partial charge in [0.25, 0.3) is 5.91 Å². The molecule has 2 rings (SSSR count). The van der Waals surface area contributed by atoms with Crippen LogP contribution in [0.2, 0.25) is 0 Å². The summed E-state index contributed by atoms with van der Waals surface area (Å²) in [5.74, 6) is -1.41. The molecule has 0 aromatic heterocycles. The highest BCUT2D eigenvalue weighted by Gasteiger charge is 2.17. The van der Waals surface area contributed by atoms with E-state index in [1.807, 2.05) is 6.07 Å². The fraction of sp³-hybridized carbons (Fsp3) is 0.353. The molecule has 126 valence electrons. The third-order valence-electron chi connectivity index (χ3n) is 3.43. The summed E-state index contributed by atoms with van der Waals surface area (Å²) < 4.78 is 10.4. The molecule has 1 fully saturated rings. The van der Waals surface area contributed by atoms with Gasteiger partial charge in [-0.1, -0.05) is 12.1 Å². The monoisotopic (exact) mass is 329 g/mol. The molecular formula is C17H17N2O5-. The molecule has 1 aromatic rings. The molecule has 7 nitrogen and oxygen atoms in total. The van der Waals surface area contributed by atoms with Crippen molar-refractivity contribution in [2.45, 2.75) is 18.9 Å². The van der Waals surface area contributed by atoms with Crippen molar-refractivity contribution in [3.63, 3.8) is 0 Å². The normalized spacial score (nSPS) is 17.1. The first-order chi connectivity index (χ1) is 11.6. The summed E-state index contributed by atoms with van der Waals surface area (Å²) >= 11 is 0. The first-order valence-corrected chi connectivity index (χ1v) is 7.53. The summed E-state index contributed by atoms with van der Waals surface area (Å²) in [5, 5.41) is 22.2. The summed E-state index contributed by atoms with van der Waals surface area (Å²) in [6, 6.07) is 8.21. The number of benzene rings is 1. The molecule has 0 bridgehead atoms. The summed E-state index contributed by atoms with van der Waals surface area (Å²) in [7, 11) is 0. The minimum Gasteiger partial charge on any atom is -0.546 e. The Morgan fingerprint density at radius 3 is 2.75 bits per heavy atom. The number of hydrogen-bond acceptors (Lipinski definition) is 6. The van der Waals surface area contributed by atoms with Gasteiger partial charge in [0.2, 0.25) is 0 Å². The van der Waals surface area contributed by atoms with Crippen LogP contribution in [0, 0.1) is 11.3 Å². The molecule has 1 aliphatic heterocycles. The molecule has 7 heteroatoms. The predicted molar refractivity (Wildman–Crippen MR) is 82.5 cm³/mol. The van der Waals surface area contributed by atoms with Gasteiger partial charge >= 0.3 is 0 Å². The largest absolute Gasteiger partial charge is 0.546 e. The van der Waals surface area contributed by atoms with Crippen LogP contribution < -0.4 is 15.2 Å². The molecular weight excluding hydrogens is 312 g/mol. The number of carbonyl (C=O) groups excluding carboxylic acids is 2. The van der Waals surface area contributed by atoms with Crippen LogP contribution in [0.1, 0.15) is 18.4 Å². The second-order valence-electron chi connectivity index (χ2n) is 5.24. The molecule has 1 aliphatic rings. The number of nitrogens with zero attached hydrogens (tertiary/aromatic N) is 1. The highest BCUT2D eigenvalue weighted by atomic mass is 16.5. The zero-order valence-electron chi connectivity index (χ0n) is 13.0. The number of carboxylic acid groups (broad SMARTS) is 1. The lowest BCUT2D eigenvalue weighted by molar-refractivity contribution is -0.307. The quantitative estimate of drug-likeness (QED) is 0.557. The topological polar surface area (TPSA) is 111 Å². The Hall–Kier alpha value is -2.85. The highest BCUT2D eigenvalue weighted by Crippen LogP contribution is 2.15. The lowest BCUT2D eigenvalue weighted by Crippen LogP contribution is -2.32. The second kappa shape index (κ2) is 8.70. The molecule has 0 aliphatic carbocycles. The van der Waals surface area contributed by atoms with Crippen LogP contribution in [0.4, 0.5) is 0 Å². The first kappa shape index (κ1) is 17.5. The van der Waals surface area contributed by atoms with Crippen LogP contribution in [0.5, 0.6) is 5.75 Å². The van der Waals surface area contributed by atoms with Gasteiger partial charge in [-0.05, 0) is 36.6 Å². The summed E-state index contributed by atoms with van der Waals surface area (Å²) in [5.41, 5.74) is 0.607. The zero-order chi connectivity index (χ0) is 17.4.